The Balaban J connectivity index is 1.49. The number of aromatic amines is 1. The Morgan fingerprint density at radius 1 is 1.26 bits per heavy atom. The lowest BCUT2D eigenvalue weighted by molar-refractivity contribution is -0.121. The third-order valence-corrected chi connectivity index (χ3v) is 4.43. The first-order chi connectivity index (χ1) is 12.9. The number of H-pyrrole nitrogens is 1. The van der Waals surface area contributed by atoms with Gasteiger partial charge in [0.1, 0.15) is 11.5 Å². The van der Waals surface area contributed by atoms with Gasteiger partial charge in [0.15, 0.2) is 0 Å². The third kappa shape index (κ3) is 4.62. The lowest BCUT2D eigenvalue weighted by Gasteiger charge is -2.08. The number of amides is 2. The Hall–Kier alpha value is -2.94. The van der Waals surface area contributed by atoms with Crippen molar-refractivity contribution in [1.29, 1.82) is 0 Å². The largest absolute Gasteiger partial charge is 0.345 e. The quantitative estimate of drug-likeness (QED) is 0.535. The van der Waals surface area contributed by atoms with Crippen molar-refractivity contribution in [3.05, 3.63) is 62.9 Å². The minimum Gasteiger partial charge on any atom is -0.345 e. The number of halogens is 1. The predicted octanol–water partition coefficient (Wildman–Crippen LogP) is 1.81. The van der Waals surface area contributed by atoms with Crippen LogP contribution < -0.4 is 16.4 Å². The first-order valence-corrected chi connectivity index (χ1v) is 9.12. The molecule has 0 fully saturated rings. The van der Waals surface area contributed by atoms with Crippen molar-refractivity contribution < 1.29 is 9.59 Å². The maximum absolute atomic E-state index is 12.0. The Morgan fingerprint density at radius 3 is 2.78 bits per heavy atom. The van der Waals surface area contributed by atoms with Gasteiger partial charge in [-0.1, -0.05) is 12.1 Å². The number of nitrogens with zero attached hydrogens (tertiary/aromatic N) is 2. The Labute approximate surface area is 163 Å². The lowest BCUT2D eigenvalue weighted by atomic mass is 10.2. The van der Waals surface area contributed by atoms with Gasteiger partial charge in [-0.2, -0.15) is 0 Å². The van der Waals surface area contributed by atoms with E-state index in [4.69, 9.17) is 0 Å². The molecule has 0 aliphatic rings. The van der Waals surface area contributed by atoms with Crippen molar-refractivity contribution >= 4 is 38.6 Å². The SMILES string of the molecule is Cn1cc(Br)cc1C(=O)NNC(=O)CCCc1nc2ccccc2c(=O)[nH]1. The molecule has 3 aromatic rings. The molecule has 9 heteroatoms. The van der Waals surface area contributed by atoms with Crippen molar-refractivity contribution in [2.24, 2.45) is 7.05 Å². The number of rotatable bonds is 5. The summed E-state index contributed by atoms with van der Waals surface area (Å²) in [5.41, 5.74) is 5.62. The summed E-state index contributed by atoms with van der Waals surface area (Å²) in [5, 5.41) is 0.536. The van der Waals surface area contributed by atoms with E-state index in [1.165, 1.54) is 0 Å². The third-order valence-electron chi connectivity index (χ3n) is 4.00. The van der Waals surface area contributed by atoms with E-state index in [1.807, 2.05) is 6.07 Å². The molecule has 0 aliphatic heterocycles. The molecule has 0 saturated heterocycles. The highest BCUT2D eigenvalue weighted by atomic mass is 79.9. The summed E-state index contributed by atoms with van der Waals surface area (Å²) >= 11 is 3.29. The molecular formula is C18H18BrN5O3. The van der Waals surface area contributed by atoms with E-state index < -0.39 is 5.91 Å². The molecule has 2 aromatic heterocycles. The van der Waals surface area contributed by atoms with Crippen molar-refractivity contribution in [3.8, 4) is 0 Å². The molecule has 3 N–H and O–H groups in total. The lowest BCUT2D eigenvalue weighted by Crippen LogP contribution is -2.42. The van der Waals surface area contributed by atoms with Gasteiger partial charge in [-0.05, 0) is 40.5 Å². The topological polar surface area (TPSA) is 109 Å². The van der Waals surface area contributed by atoms with Crippen LogP contribution in [0.25, 0.3) is 10.9 Å². The molecular weight excluding hydrogens is 414 g/mol. The van der Waals surface area contributed by atoms with Gasteiger partial charge >= 0.3 is 0 Å². The summed E-state index contributed by atoms with van der Waals surface area (Å²) in [6, 6.07) is 8.75. The van der Waals surface area contributed by atoms with E-state index >= 15 is 0 Å². The van der Waals surface area contributed by atoms with Gasteiger partial charge in [-0.25, -0.2) is 4.98 Å². The fourth-order valence-corrected chi connectivity index (χ4v) is 3.20. The normalized spacial score (nSPS) is 10.7. The van der Waals surface area contributed by atoms with E-state index in [1.54, 1.807) is 42.1 Å². The van der Waals surface area contributed by atoms with E-state index in [0.29, 0.717) is 35.3 Å². The van der Waals surface area contributed by atoms with Crippen LogP contribution in [0.3, 0.4) is 0 Å². The fraction of sp³-hybridized carbons (Fsp3) is 0.222. The highest BCUT2D eigenvalue weighted by molar-refractivity contribution is 9.10. The van der Waals surface area contributed by atoms with Crippen LogP contribution in [0.2, 0.25) is 0 Å². The number of hydrogen-bond donors (Lipinski definition) is 3. The van der Waals surface area contributed by atoms with Gasteiger partial charge < -0.3 is 9.55 Å². The molecule has 0 atom stereocenters. The van der Waals surface area contributed by atoms with Crippen LogP contribution in [0.15, 0.2) is 45.8 Å². The smallest absolute Gasteiger partial charge is 0.286 e. The molecule has 0 bridgehead atoms. The van der Waals surface area contributed by atoms with Crippen molar-refractivity contribution in [3.63, 3.8) is 0 Å². The Morgan fingerprint density at radius 2 is 2.04 bits per heavy atom. The summed E-state index contributed by atoms with van der Waals surface area (Å²) in [6.45, 7) is 0. The van der Waals surface area contributed by atoms with Crippen LogP contribution in [0, 0.1) is 0 Å². The number of carbonyl (C=O) groups excluding carboxylic acids is 2. The van der Waals surface area contributed by atoms with E-state index in [0.717, 1.165) is 4.47 Å². The summed E-state index contributed by atoms with van der Waals surface area (Å²) in [7, 11) is 1.73. The van der Waals surface area contributed by atoms with Crippen molar-refractivity contribution in [2.45, 2.75) is 19.3 Å². The number of para-hydroxylation sites is 1. The number of hydrogen-bond acceptors (Lipinski definition) is 4. The zero-order chi connectivity index (χ0) is 19.4. The maximum atomic E-state index is 12.0. The van der Waals surface area contributed by atoms with Crippen molar-refractivity contribution in [1.82, 2.24) is 25.4 Å². The molecule has 0 spiro atoms. The second kappa shape index (κ2) is 8.17. The molecule has 8 nitrogen and oxygen atoms in total. The number of hydrazine groups is 1. The first-order valence-electron chi connectivity index (χ1n) is 8.33. The van der Waals surface area contributed by atoms with Gasteiger partial charge in [0.2, 0.25) is 5.91 Å². The van der Waals surface area contributed by atoms with Crippen LogP contribution in [0.5, 0.6) is 0 Å². The highest BCUT2D eigenvalue weighted by Gasteiger charge is 2.12. The van der Waals surface area contributed by atoms with Gasteiger partial charge in [0.25, 0.3) is 11.5 Å². The van der Waals surface area contributed by atoms with Gasteiger partial charge in [0, 0.05) is 30.6 Å². The molecule has 27 heavy (non-hydrogen) atoms. The minimum absolute atomic E-state index is 0.188. The molecule has 0 unspecified atom stereocenters. The van der Waals surface area contributed by atoms with Gasteiger partial charge in [-0.3, -0.25) is 25.2 Å². The van der Waals surface area contributed by atoms with Crippen LogP contribution in [-0.4, -0.2) is 26.3 Å². The van der Waals surface area contributed by atoms with Crippen LogP contribution >= 0.6 is 15.9 Å². The van der Waals surface area contributed by atoms with Gasteiger partial charge in [-0.15, -0.1) is 0 Å². The van der Waals surface area contributed by atoms with E-state index in [2.05, 4.69) is 36.7 Å². The van der Waals surface area contributed by atoms with E-state index in [9.17, 15) is 14.4 Å². The zero-order valence-electron chi connectivity index (χ0n) is 14.6. The van der Waals surface area contributed by atoms with E-state index in [-0.39, 0.29) is 17.9 Å². The molecule has 1 aromatic carbocycles. The number of nitrogens with one attached hydrogen (secondary N) is 3. The number of carbonyl (C=O) groups is 2. The summed E-state index contributed by atoms with van der Waals surface area (Å²) in [6.07, 6.45) is 2.87. The number of fused-ring (bicyclic) bond motifs is 1. The second-order valence-electron chi connectivity index (χ2n) is 6.04. The molecule has 3 rings (SSSR count). The monoisotopic (exact) mass is 431 g/mol. The molecule has 2 amide bonds. The Kier molecular flexibility index (Phi) is 5.70. The fourth-order valence-electron chi connectivity index (χ4n) is 2.67. The summed E-state index contributed by atoms with van der Waals surface area (Å²) in [5.74, 6) is -0.193. The minimum atomic E-state index is -0.405. The molecule has 0 saturated carbocycles. The number of benzene rings is 1. The summed E-state index contributed by atoms with van der Waals surface area (Å²) in [4.78, 5) is 43.1. The Bertz CT molecular complexity index is 1060. The highest BCUT2D eigenvalue weighted by Crippen LogP contribution is 2.13. The van der Waals surface area contributed by atoms with Gasteiger partial charge in [0.05, 0.1) is 10.9 Å². The predicted molar refractivity (Wildman–Crippen MR) is 104 cm³/mol. The van der Waals surface area contributed by atoms with Crippen LogP contribution in [-0.2, 0) is 18.3 Å². The first kappa shape index (κ1) is 18.8. The number of aryl methyl sites for hydroxylation is 2. The summed E-state index contributed by atoms with van der Waals surface area (Å²) < 4.78 is 2.42. The average Bonchev–Trinajstić information content (AvgIpc) is 2.98. The van der Waals surface area contributed by atoms with Crippen molar-refractivity contribution in [2.75, 3.05) is 0 Å². The van der Waals surface area contributed by atoms with Crippen LogP contribution in [0.1, 0.15) is 29.2 Å². The number of aromatic nitrogens is 3. The molecule has 2 heterocycles. The molecule has 0 aliphatic carbocycles. The van der Waals surface area contributed by atoms with Crippen LogP contribution in [0.4, 0.5) is 0 Å². The molecule has 140 valence electrons. The standard InChI is InChI=1S/C18H18BrN5O3/c1-24-10-11(19)9-14(24)18(27)23-22-16(25)8-4-7-15-20-13-6-3-2-5-12(13)17(26)21-15/h2-3,5-6,9-10H,4,7-8H2,1H3,(H,22,25)(H,23,27)(H,20,21,26). The maximum Gasteiger partial charge on any atom is 0.286 e. The second-order valence-corrected chi connectivity index (χ2v) is 6.96. The zero-order valence-corrected chi connectivity index (χ0v) is 16.2. The average molecular weight is 432 g/mol. The molecule has 0 radical (unpaired) electrons.